The molecule has 4 aromatic rings. The fourth-order valence-electron chi connectivity index (χ4n) is 4.99. The first kappa shape index (κ1) is 23.6. The molecule has 0 spiro atoms. The number of aromatic amines is 1. The monoisotopic (exact) mass is 483 g/mol. The number of fused-ring (bicyclic) bond motifs is 2. The van der Waals surface area contributed by atoms with Gasteiger partial charge in [-0.1, -0.05) is 38.1 Å². The Morgan fingerprint density at radius 1 is 0.972 bits per heavy atom. The van der Waals surface area contributed by atoms with E-state index in [0.717, 1.165) is 41.4 Å². The number of rotatable bonds is 8. The summed E-state index contributed by atoms with van der Waals surface area (Å²) >= 11 is 0. The molecule has 0 radical (unpaired) electrons. The fourth-order valence-corrected chi connectivity index (χ4v) is 4.99. The zero-order chi connectivity index (χ0) is 25.4. The van der Waals surface area contributed by atoms with Crippen LogP contribution in [0.5, 0.6) is 0 Å². The Hall–Kier alpha value is -4.17. The molecule has 8 heteroatoms. The van der Waals surface area contributed by atoms with E-state index in [1.165, 1.54) is 6.92 Å². The Kier molecular flexibility index (Phi) is 6.20. The third kappa shape index (κ3) is 4.09. The zero-order valence-electron chi connectivity index (χ0n) is 20.6. The molecule has 2 aromatic carbocycles. The number of aromatic nitrogens is 2. The first-order chi connectivity index (χ1) is 17.4. The molecule has 1 aliphatic rings. The van der Waals surface area contributed by atoms with E-state index < -0.39 is 11.8 Å². The molecule has 1 aliphatic heterocycles. The van der Waals surface area contributed by atoms with Gasteiger partial charge in [0.25, 0.3) is 11.8 Å². The minimum absolute atomic E-state index is 0.152. The number of carbonyl (C=O) groups excluding carboxylic acids is 3. The van der Waals surface area contributed by atoms with Crippen LogP contribution in [0.1, 0.15) is 31.9 Å². The summed E-state index contributed by atoms with van der Waals surface area (Å²) in [6, 6.07) is 13.4. The molecule has 0 unspecified atom stereocenters. The molecular weight excluding hydrogens is 454 g/mol. The maximum absolute atomic E-state index is 13.2. The predicted octanol–water partition coefficient (Wildman–Crippen LogP) is 3.99. The summed E-state index contributed by atoms with van der Waals surface area (Å²) in [6.07, 6.45) is 3.74. The highest BCUT2D eigenvalue weighted by molar-refractivity contribution is 6.50. The van der Waals surface area contributed by atoms with Crippen LogP contribution in [-0.4, -0.2) is 51.8 Å². The Balaban J connectivity index is 1.71. The van der Waals surface area contributed by atoms with Crippen molar-refractivity contribution in [3.05, 3.63) is 66.0 Å². The number of imide groups is 1. The summed E-state index contributed by atoms with van der Waals surface area (Å²) in [5.74, 6) is -0.964. The van der Waals surface area contributed by atoms with Crippen LogP contribution < -0.4 is 10.6 Å². The largest absolute Gasteiger partial charge is 0.361 e. The Bertz CT molecular complexity index is 1540. The highest BCUT2D eigenvalue weighted by Gasteiger charge is 2.35. The highest BCUT2D eigenvalue weighted by Crippen LogP contribution is 2.38. The van der Waals surface area contributed by atoms with Crippen LogP contribution in [0.15, 0.2) is 54.9 Å². The first-order valence-electron chi connectivity index (χ1n) is 12.2. The number of H-pyrrole nitrogens is 1. The third-order valence-corrected chi connectivity index (χ3v) is 6.81. The molecule has 0 saturated carbocycles. The van der Waals surface area contributed by atoms with Crippen LogP contribution in [0.2, 0.25) is 0 Å². The van der Waals surface area contributed by atoms with E-state index in [-0.39, 0.29) is 5.91 Å². The Morgan fingerprint density at radius 3 is 2.42 bits per heavy atom. The minimum atomic E-state index is -0.408. The van der Waals surface area contributed by atoms with Crippen molar-refractivity contribution < 1.29 is 14.4 Å². The Labute approximate surface area is 209 Å². The summed E-state index contributed by atoms with van der Waals surface area (Å²) < 4.78 is 2.10. The smallest absolute Gasteiger partial charge is 0.259 e. The van der Waals surface area contributed by atoms with Crippen LogP contribution >= 0.6 is 0 Å². The number of benzene rings is 2. The van der Waals surface area contributed by atoms with Gasteiger partial charge in [0, 0.05) is 65.5 Å². The fraction of sp³-hybridized carbons (Fsp3) is 0.250. The molecule has 0 fully saturated rings. The summed E-state index contributed by atoms with van der Waals surface area (Å²) in [5, 5.41) is 7.08. The standard InChI is InChI=1S/C28H29N5O3/c1-4-32(5-2)12-13-33-16-22(20-11-10-18(14-24(20)33)30-17(3)34)26-25(27(35)31-28(26)36)21-15-29-23-9-7-6-8-19(21)23/h6-11,14-16,29H,4-5,12-13H2,1-3H3,(H,30,34)(H,31,35,36). The molecule has 36 heavy (non-hydrogen) atoms. The van der Waals surface area contributed by atoms with Gasteiger partial charge >= 0.3 is 0 Å². The number of amides is 3. The van der Waals surface area contributed by atoms with E-state index in [9.17, 15) is 14.4 Å². The normalized spacial score (nSPS) is 13.9. The van der Waals surface area contributed by atoms with E-state index in [0.29, 0.717) is 34.5 Å². The number of nitrogens with zero attached hydrogens (tertiary/aromatic N) is 2. The molecular formula is C28H29N5O3. The number of likely N-dealkylation sites (N-methyl/N-ethyl adjacent to an activating group) is 1. The van der Waals surface area contributed by atoms with Crippen LogP contribution in [0, 0.1) is 0 Å². The third-order valence-electron chi connectivity index (χ3n) is 6.81. The second-order valence-electron chi connectivity index (χ2n) is 8.96. The van der Waals surface area contributed by atoms with Crippen molar-refractivity contribution in [2.75, 3.05) is 25.0 Å². The van der Waals surface area contributed by atoms with E-state index in [1.807, 2.05) is 48.7 Å². The summed E-state index contributed by atoms with van der Waals surface area (Å²) in [6.45, 7) is 9.14. The van der Waals surface area contributed by atoms with Gasteiger partial charge < -0.3 is 19.8 Å². The lowest BCUT2D eigenvalue weighted by Crippen LogP contribution is -2.26. The lowest BCUT2D eigenvalue weighted by molar-refractivity contribution is -0.123. The van der Waals surface area contributed by atoms with Crippen molar-refractivity contribution in [1.82, 2.24) is 19.8 Å². The molecule has 8 nitrogen and oxygen atoms in total. The molecule has 0 atom stereocenters. The molecule has 3 N–H and O–H groups in total. The van der Waals surface area contributed by atoms with Crippen LogP contribution in [0.3, 0.4) is 0 Å². The van der Waals surface area contributed by atoms with Gasteiger partial charge in [0.15, 0.2) is 0 Å². The quantitative estimate of drug-likeness (QED) is 0.330. The van der Waals surface area contributed by atoms with Gasteiger partial charge in [0.05, 0.1) is 16.7 Å². The van der Waals surface area contributed by atoms with E-state index in [1.54, 1.807) is 6.20 Å². The SMILES string of the molecule is CCN(CC)CCn1cc(C2=C(c3c[nH]c4ccccc34)C(=O)NC2=O)c2ccc(NC(C)=O)cc21. The number of anilines is 1. The molecule has 0 aliphatic carbocycles. The minimum Gasteiger partial charge on any atom is -0.361 e. The second kappa shape index (κ2) is 9.47. The predicted molar refractivity (Wildman–Crippen MR) is 142 cm³/mol. The lowest BCUT2D eigenvalue weighted by atomic mass is 9.95. The van der Waals surface area contributed by atoms with Gasteiger partial charge in [-0.05, 0) is 31.3 Å². The molecule has 0 bridgehead atoms. The van der Waals surface area contributed by atoms with Crippen molar-refractivity contribution in [2.45, 2.75) is 27.3 Å². The maximum Gasteiger partial charge on any atom is 0.259 e. The number of hydrogen-bond acceptors (Lipinski definition) is 4. The highest BCUT2D eigenvalue weighted by atomic mass is 16.2. The van der Waals surface area contributed by atoms with Gasteiger partial charge in [-0.2, -0.15) is 0 Å². The van der Waals surface area contributed by atoms with Gasteiger partial charge in [-0.3, -0.25) is 19.7 Å². The van der Waals surface area contributed by atoms with Crippen molar-refractivity contribution in [2.24, 2.45) is 0 Å². The van der Waals surface area contributed by atoms with Crippen molar-refractivity contribution in [1.29, 1.82) is 0 Å². The zero-order valence-corrected chi connectivity index (χ0v) is 20.6. The number of hydrogen-bond donors (Lipinski definition) is 3. The van der Waals surface area contributed by atoms with Gasteiger partial charge in [-0.25, -0.2) is 0 Å². The van der Waals surface area contributed by atoms with Crippen molar-refractivity contribution >= 4 is 56.4 Å². The van der Waals surface area contributed by atoms with E-state index in [2.05, 4.69) is 38.9 Å². The molecule has 3 amide bonds. The maximum atomic E-state index is 13.2. The molecule has 0 saturated heterocycles. The molecule has 2 aromatic heterocycles. The first-order valence-corrected chi connectivity index (χ1v) is 12.2. The van der Waals surface area contributed by atoms with Crippen LogP contribution in [-0.2, 0) is 20.9 Å². The number of nitrogens with one attached hydrogen (secondary N) is 3. The lowest BCUT2D eigenvalue weighted by Gasteiger charge is -2.18. The van der Waals surface area contributed by atoms with Crippen LogP contribution in [0.25, 0.3) is 33.0 Å². The van der Waals surface area contributed by atoms with Crippen molar-refractivity contribution in [3.8, 4) is 0 Å². The summed E-state index contributed by atoms with van der Waals surface area (Å²) in [4.78, 5) is 43.4. The topological polar surface area (TPSA) is 99.2 Å². The molecule has 3 heterocycles. The Morgan fingerprint density at radius 2 is 1.69 bits per heavy atom. The number of carbonyl (C=O) groups is 3. The molecule has 5 rings (SSSR count). The number of para-hydroxylation sites is 1. The van der Waals surface area contributed by atoms with Gasteiger partial charge in [-0.15, -0.1) is 0 Å². The van der Waals surface area contributed by atoms with E-state index in [4.69, 9.17) is 0 Å². The van der Waals surface area contributed by atoms with Crippen LogP contribution in [0.4, 0.5) is 5.69 Å². The average molecular weight is 484 g/mol. The van der Waals surface area contributed by atoms with Gasteiger partial charge in [0.2, 0.25) is 5.91 Å². The second-order valence-corrected chi connectivity index (χ2v) is 8.96. The van der Waals surface area contributed by atoms with Gasteiger partial charge in [0.1, 0.15) is 0 Å². The average Bonchev–Trinajstić information content (AvgIpc) is 3.52. The summed E-state index contributed by atoms with van der Waals surface area (Å²) in [5.41, 5.74) is 4.59. The molecule has 184 valence electrons. The summed E-state index contributed by atoms with van der Waals surface area (Å²) in [7, 11) is 0. The van der Waals surface area contributed by atoms with Crippen molar-refractivity contribution in [3.63, 3.8) is 0 Å². The van der Waals surface area contributed by atoms with E-state index >= 15 is 0 Å².